The van der Waals surface area contributed by atoms with Gasteiger partial charge in [-0.15, -0.1) is 0 Å². The summed E-state index contributed by atoms with van der Waals surface area (Å²) in [7, 11) is 0. The van der Waals surface area contributed by atoms with Crippen LogP contribution in [0.5, 0.6) is 0 Å². The van der Waals surface area contributed by atoms with Gasteiger partial charge in [-0.05, 0) is 0 Å². The third-order valence-electron chi connectivity index (χ3n) is 4.22. The monoisotopic (exact) mass is 365 g/mol. The van der Waals surface area contributed by atoms with Gasteiger partial charge in [-0.2, -0.15) is 0 Å². The van der Waals surface area contributed by atoms with Crippen LogP contribution in [-0.2, 0) is 0 Å². The fourth-order valence-corrected chi connectivity index (χ4v) is 10.3. The quantitative estimate of drug-likeness (QED) is 0.330. The van der Waals surface area contributed by atoms with Crippen LogP contribution < -0.4 is 4.35 Å². The summed E-state index contributed by atoms with van der Waals surface area (Å²) < 4.78 is 1.63. The minimum atomic E-state index is -1.50. The molecule has 1 unspecified atom stereocenters. The van der Waals surface area contributed by atoms with E-state index in [1.54, 1.807) is 6.07 Å². The Labute approximate surface area is 136 Å². The first-order chi connectivity index (χ1) is 10.5. The molecule has 0 aromatic heterocycles. The third kappa shape index (κ3) is 4.19. The second-order valence-corrected chi connectivity index (χ2v) is 11.7. The van der Waals surface area contributed by atoms with Crippen LogP contribution in [0.15, 0.2) is 18.2 Å². The number of hydrogen-bond donors (Lipinski definition) is 0. The van der Waals surface area contributed by atoms with Crippen molar-refractivity contribution < 1.29 is 9.72 Å². The number of nitro benzene ring substituents is 1. The molecule has 4 nitrogen and oxygen atoms in total. The molecule has 120 valence electrons. The van der Waals surface area contributed by atoms with E-state index in [1.807, 2.05) is 6.07 Å². The van der Waals surface area contributed by atoms with Crippen molar-refractivity contribution in [2.24, 2.45) is 5.92 Å². The average Bonchev–Trinajstić information content (AvgIpc) is 2.52. The summed E-state index contributed by atoms with van der Waals surface area (Å²) in [6, 6.07) is 5.09. The molecule has 5 heteroatoms. The van der Waals surface area contributed by atoms with E-state index in [-0.39, 0.29) is 10.6 Å². The predicted molar refractivity (Wildman–Crippen MR) is 90.4 cm³/mol. The molecule has 1 atom stereocenters. The van der Waals surface area contributed by atoms with E-state index < -0.39 is 14.7 Å². The van der Waals surface area contributed by atoms with Gasteiger partial charge in [0.2, 0.25) is 0 Å². The zero-order valence-electron chi connectivity index (χ0n) is 13.3. The van der Waals surface area contributed by atoms with Gasteiger partial charge in [-0.1, -0.05) is 0 Å². The van der Waals surface area contributed by atoms with Gasteiger partial charge in [0.15, 0.2) is 0 Å². The van der Waals surface area contributed by atoms with E-state index in [1.165, 1.54) is 38.2 Å². The molecule has 0 bridgehead atoms. The molecule has 1 aromatic carbocycles. The van der Waals surface area contributed by atoms with Crippen molar-refractivity contribution >= 4 is 31.0 Å². The summed E-state index contributed by atoms with van der Waals surface area (Å²) in [5.74, 6) is 0.562. The Morgan fingerprint density at radius 3 is 2.55 bits per heavy atom. The molecular weight excluding hydrogens is 341 g/mol. The van der Waals surface area contributed by atoms with E-state index in [4.69, 9.17) is 0 Å². The molecule has 1 aliphatic carbocycles. The minimum absolute atomic E-state index is 0.177. The van der Waals surface area contributed by atoms with Gasteiger partial charge in [0.1, 0.15) is 0 Å². The Kier molecular flexibility index (Phi) is 6.19. The number of rotatable bonds is 6. The summed E-state index contributed by atoms with van der Waals surface area (Å²) in [6.07, 6.45) is 6.95. The van der Waals surface area contributed by atoms with E-state index >= 15 is 0 Å². The molecule has 0 N–H and O–H groups in total. The maximum absolute atomic E-state index is 11.5. The molecule has 1 aliphatic rings. The van der Waals surface area contributed by atoms with E-state index in [2.05, 4.69) is 13.8 Å². The van der Waals surface area contributed by atoms with Crippen molar-refractivity contribution in [3.05, 3.63) is 33.9 Å². The first kappa shape index (κ1) is 17.2. The van der Waals surface area contributed by atoms with Gasteiger partial charge in [0.05, 0.1) is 0 Å². The summed E-state index contributed by atoms with van der Waals surface area (Å²) >= 11 is -1.50. The van der Waals surface area contributed by atoms with Crippen LogP contribution >= 0.6 is 0 Å². The Balaban J connectivity index is 2.41. The van der Waals surface area contributed by atoms with E-state index in [0.717, 1.165) is 9.56 Å². The number of nitro groups is 1. The van der Waals surface area contributed by atoms with Crippen LogP contribution in [0.2, 0.25) is 9.91 Å². The average molecular weight is 365 g/mol. The van der Waals surface area contributed by atoms with E-state index in [0.29, 0.717) is 22.5 Å². The molecule has 0 saturated heterocycles. The molecule has 2 rings (SSSR count). The standard InChI is InChI=1S/C17H24AsNO3/c1-13(2)11-18(15-6-4-3-5-7-15)16-9-8-14(12-20)10-17(16)19(21)22/h8-10,12-13,15H,3-7,11H2,1-2H3. The molecule has 1 aromatic rings. The third-order valence-corrected chi connectivity index (χ3v) is 11.6. The van der Waals surface area contributed by atoms with E-state index in [9.17, 15) is 14.9 Å². The Morgan fingerprint density at radius 2 is 2.00 bits per heavy atom. The van der Waals surface area contributed by atoms with Crippen LogP contribution in [-0.4, -0.2) is 25.9 Å². The summed E-state index contributed by atoms with van der Waals surface area (Å²) in [5.41, 5.74) is 0.577. The van der Waals surface area contributed by atoms with Crippen LogP contribution in [0.4, 0.5) is 5.69 Å². The van der Waals surface area contributed by atoms with Gasteiger partial charge in [0.25, 0.3) is 0 Å². The van der Waals surface area contributed by atoms with Crippen LogP contribution in [0, 0.1) is 16.0 Å². The van der Waals surface area contributed by atoms with Crippen molar-refractivity contribution in [1.82, 2.24) is 0 Å². The van der Waals surface area contributed by atoms with Gasteiger partial charge < -0.3 is 0 Å². The van der Waals surface area contributed by atoms with Crippen molar-refractivity contribution in [3.63, 3.8) is 0 Å². The van der Waals surface area contributed by atoms with Gasteiger partial charge in [-0.25, -0.2) is 0 Å². The topological polar surface area (TPSA) is 60.2 Å². The SMILES string of the molecule is CC(C)C[As](c1ccc(C=O)cc1[N+](=O)[O-])C1CCCCC1. The summed E-state index contributed by atoms with van der Waals surface area (Å²) in [6.45, 7) is 4.41. The van der Waals surface area contributed by atoms with Gasteiger partial charge in [-0.3, -0.25) is 0 Å². The van der Waals surface area contributed by atoms with Crippen LogP contribution in [0.1, 0.15) is 56.3 Å². The number of nitrogens with zero attached hydrogens (tertiary/aromatic N) is 1. The normalized spacial score (nSPS) is 17.4. The second-order valence-electron chi connectivity index (χ2n) is 6.46. The molecule has 1 saturated carbocycles. The molecule has 22 heavy (non-hydrogen) atoms. The number of hydrogen-bond acceptors (Lipinski definition) is 3. The molecule has 1 fully saturated rings. The number of carbonyl (C=O) groups excluding carboxylic acids is 1. The second kappa shape index (κ2) is 7.91. The van der Waals surface area contributed by atoms with Crippen LogP contribution in [0.25, 0.3) is 0 Å². The predicted octanol–water partition coefficient (Wildman–Crippen LogP) is 4.10. The summed E-state index contributed by atoms with van der Waals surface area (Å²) in [5, 5.41) is 12.6. The molecule has 0 amide bonds. The number of aldehydes is 1. The van der Waals surface area contributed by atoms with Gasteiger partial charge >= 0.3 is 136 Å². The summed E-state index contributed by atoms with van der Waals surface area (Å²) in [4.78, 5) is 22.1. The molecule has 0 spiro atoms. The fourth-order valence-electron chi connectivity index (χ4n) is 3.23. The number of benzene rings is 1. The first-order valence-electron chi connectivity index (χ1n) is 8.03. The zero-order valence-corrected chi connectivity index (χ0v) is 15.2. The van der Waals surface area contributed by atoms with Gasteiger partial charge in [0, 0.05) is 0 Å². The maximum atomic E-state index is 11.5. The molecule has 0 radical (unpaired) electrons. The van der Waals surface area contributed by atoms with Crippen molar-refractivity contribution in [2.75, 3.05) is 0 Å². The fraction of sp³-hybridized carbons (Fsp3) is 0.588. The van der Waals surface area contributed by atoms with Crippen LogP contribution in [0.3, 0.4) is 0 Å². The molecule has 0 aliphatic heterocycles. The Hall–Kier alpha value is -1.15. The molecular formula is C17H24AsNO3. The Morgan fingerprint density at radius 1 is 1.32 bits per heavy atom. The zero-order chi connectivity index (χ0) is 16.1. The van der Waals surface area contributed by atoms with Crippen molar-refractivity contribution in [3.8, 4) is 0 Å². The first-order valence-corrected chi connectivity index (χ1v) is 11.4. The Bertz CT molecular complexity index is 539. The number of carbonyl (C=O) groups is 1. The molecule has 0 heterocycles. The van der Waals surface area contributed by atoms with Crippen molar-refractivity contribution in [2.45, 2.75) is 55.9 Å². The van der Waals surface area contributed by atoms with Crippen molar-refractivity contribution in [1.29, 1.82) is 0 Å².